The quantitative estimate of drug-likeness (QED) is 0.649. The summed E-state index contributed by atoms with van der Waals surface area (Å²) in [6.07, 6.45) is 3.01. The minimum absolute atomic E-state index is 0.0296. The van der Waals surface area contributed by atoms with Gasteiger partial charge in [-0.05, 0) is 56.9 Å². The average Bonchev–Trinajstić information content (AvgIpc) is 3.04. The molecule has 0 atom stereocenters. The fourth-order valence-corrected chi connectivity index (χ4v) is 4.65. The molecule has 0 bridgehead atoms. The largest absolute Gasteiger partial charge is 0.508 e. The van der Waals surface area contributed by atoms with Crippen molar-refractivity contribution in [2.45, 2.75) is 45.7 Å². The average molecular weight is 406 g/mol. The van der Waals surface area contributed by atoms with E-state index in [-0.39, 0.29) is 17.7 Å². The first-order valence-corrected chi connectivity index (χ1v) is 11.0. The fourth-order valence-electron chi connectivity index (χ4n) is 4.65. The van der Waals surface area contributed by atoms with Crippen LogP contribution in [0.15, 0.2) is 48.5 Å². The van der Waals surface area contributed by atoms with E-state index in [1.807, 2.05) is 13.0 Å². The van der Waals surface area contributed by atoms with Gasteiger partial charge in [0, 0.05) is 48.8 Å². The van der Waals surface area contributed by atoms with E-state index in [1.165, 1.54) is 5.56 Å². The Hall–Kier alpha value is -2.79. The Kier molecular flexibility index (Phi) is 6.09. The van der Waals surface area contributed by atoms with Crippen molar-refractivity contribution in [1.29, 1.82) is 0 Å². The number of phenolic OH excluding ortho intramolecular Hbond substituents is 1. The zero-order valence-corrected chi connectivity index (χ0v) is 17.9. The lowest BCUT2D eigenvalue weighted by Gasteiger charge is -2.32. The van der Waals surface area contributed by atoms with Gasteiger partial charge in [0.2, 0.25) is 0 Å². The number of likely N-dealkylation sites (tertiary alicyclic amines) is 1. The predicted octanol–water partition coefficient (Wildman–Crippen LogP) is 4.11. The molecule has 1 fully saturated rings. The van der Waals surface area contributed by atoms with Crippen LogP contribution in [0.4, 0.5) is 0 Å². The number of hydrogen-bond acceptors (Lipinski definition) is 3. The van der Waals surface area contributed by atoms with E-state index >= 15 is 0 Å². The van der Waals surface area contributed by atoms with Crippen LogP contribution in [-0.4, -0.2) is 46.2 Å². The molecule has 0 unspecified atom stereocenters. The summed E-state index contributed by atoms with van der Waals surface area (Å²) >= 11 is 0. The Morgan fingerprint density at radius 2 is 1.87 bits per heavy atom. The number of aromatic hydroxyl groups is 1. The number of carbonyl (C=O) groups is 1. The Bertz CT molecular complexity index is 1020. The lowest BCUT2D eigenvalue weighted by Crippen LogP contribution is -2.45. The molecule has 30 heavy (non-hydrogen) atoms. The first-order valence-electron chi connectivity index (χ1n) is 11.0. The molecule has 2 heterocycles. The predicted molar refractivity (Wildman–Crippen MR) is 121 cm³/mol. The molecule has 5 nitrogen and oxygen atoms in total. The van der Waals surface area contributed by atoms with Gasteiger partial charge in [-0.15, -0.1) is 0 Å². The van der Waals surface area contributed by atoms with Gasteiger partial charge in [0.25, 0.3) is 5.91 Å². The van der Waals surface area contributed by atoms with Crippen LogP contribution < -0.4 is 5.32 Å². The van der Waals surface area contributed by atoms with E-state index in [9.17, 15) is 9.90 Å². The van der Waals surface area contributed by atoms with Crippen molar-refractivity contribution in [3.63, 3.8) is 0 Å². The molecule has 4 rings (SSSR count). The Labute approximate surface area is 178 Å². The van der Waals surface area contributed by atoms with Crippen molar-refractivity contribution in [2.75, 3.05) is 19.6 Å². The molecule has 1 amide bonds. The summed E-state index contributed by atoms with van der Waals surface area (Å²) in [4.78, 5) is 15.6. The molecule has 0 radical (unpaired) electrons. The number of benzene rings is 2. The number of piperidine rings is 1. The number of hydrogen-bond donors (Lipinski definition) is 2. The van der Waals surface area contributed by atoms with E-state index in [4.69, 9.17) is 0 Å². The minimum Gasteiger partial charge on any atom is -0.508 e. The van der Waals surface area contributed by atoms with E-state index in [0.29, 0.717) is 5.56 Å². The van der Waals surface area contributed by atoms with Crippen molar-refractivity contribution in [1.82, 2.24) is 14.8 Å². The van der Waals surface area contributed by atoms with Gasteiger partial charge in [0.15, 0.2) is 0 Å². The van der Waals surface area contributed by atoms with Gasteiger partial charge >= 0.3 is 0 Å². The van der Waals surface area contributed by atoms with Gasteiger partial charge in [0.1, 0.15) is 5.75 Å². The molecule has 5 heteroatoms. The molecule has 1 aliphatic heterocycles. The van der Waals surface area contributed by atoms with Gasteiger partial charge in [-0.2, -0.15) is 0 Å². The normalized spacial score (nSPS) is 15.5. The lowest BCUT2D eigenvalue weighted by molar-refractivity contribution is 0.0912. The summed E-state index contributed by atoms with van der Waals surface area (Å²) in [5, 5.41) is 14.0. The highest BCUT2D eigenvalue weighted by molar-refractivity contribution is 6.08. The van der Waals surface area contributed by atoms with Crippen molar-refractivity contribution in [2.24, 2.45) is 0 Å². The second kappa shape index (κ2) is 8.92. The number of carbonyl (C=O) groups excluding carboxylic acids is 1. The van der Waals surface area contributed by atoms with Crippen LogP contribution in [-0.2, 0) is 13.0 Å². The highest BCUT2D eigenvalue weighted by atomic mass is 16.3. The van der Waals surface area contributed by atoms with Gasteiger partial charge in [0.05, 0.1) is 5.56 Å². The van der Waals surface area contributed by atoms with Crippen molar-refractivity contribution in [3.05, 3.63) is 65.4 Å². The van der Waals surface area contributed by atoms with E-state index in [1.54, 1.807) is 12.1 Å². The Morgan fingerprint density at radius 1 is 1.13 bits per heavy atom. The van der Waals surface area contributed by atoms with Crippen LogP contribution in [0.25, 0.3) is 10.9 Å². The number of aryl methyl sites for hydroxylation is 1. The summed E-state index contributed by atoms with van der Waals surface area (Å²) in [5.74, 6) is 0.162. The Morgan fingerprint density at radius 3 is 2.57 bits per heavy atom. The Balaban J connectivity index is 1.38. The molecule has 3 aromatic rings. The van der Waals surface area contributed by atoms with Crippen molar-refractivity contribution >= 4 is 16.8 Å². The maximum Gasteiger partial charge on any atom is 0.253 e. The second-order valence-corrected chi connectivity index (χ2v) is 8.23. The van der Waals surface area contributed by atoms with Gasteiger partial charge in [-0.1, -0.05) is 30.3 Å². The first kappa shape index (κ1) is 20.5. The van der Waals surface area contributed by atoms with Crippen LogP contribution in [0.5, 0.6) is 5.75 Å². The zero-order valence-electron chi connectivity index (χ0n) is 17.9. The minimum atomic E-state index is -0.0296. The summed E-state index contributed by atoms with van der Waals surface area (Å²) < 4.78 is 2.13. The van der Waals surface area contributed by atoms with Crippen LogP contribution >= 0.6 is 0 Å². The third kappa shape index (κ3) is 4.21. The lowest BCUT2D eigenvalue weighted by atomic mass is 10.0. The molecule has 158 valence electrons. The number of aromatic nitrogens is 1. The molecule has 1 aliphatic rings. The van der Waals surface area contributed by atoms with E-state index < -0.39 is 0 Å². The van der Waals surface area contributed by atoms with Crippen LogP contribution in [0, 0.1) is 6.92 Å². The molecule has 2 aromatic carbocycles. The van der Waals surface area contributed by atoms with Crippen LogP contribution in [0.2, 0.25) is 0 Å². The third-order valence-corrected chi connectivity index (χ3v) is 6.33. The summed E-state index contributed by atoms with van der Waals surface area (Å²) in [6.45, 7) is 7.93. The van der Waals surface area contributed by atoms with Crippen molar-refractivity contribution < 1.29 is 9.90 Å². The van der Waals surface area contributed by atoms with E-state index in [2.05, 4.69) is 52.0 Å². The fraction of sp³-hybridized carbons (Fsp3) is 0.400. The first-order chi connectivity index (χ1) is 14.6. The van der Waals surface area contributed by atoms with Gasteiger partial charge in [-0.3, -0.25) is 4.79 Å². The molecule has 1 aromatic heterocycles. The molecule has 2 N–H and O–H groups in total. The number of nitrogens with one attached hydrogen (secondary N) is 1. The van der Waals surface area contributed by atoms with Crippen LogP contribution in [0.1, 0.15) is 41.4 Å². The topological polar surface area (TPSA) is 57.5 Å². The van der Waals surface area contributed by atoms with Crippen LogP contribution in [0.3, 0.4) is 0 Å². The van der Waals surface area contributed by atoms with Crippen molar-refractivity contribution in [3.8, 4) is 5.75 Å². The summed E-state index contributed by atoms with van der Waals surface area (Å²) in [5.41, 5.74) is 4.01. The number of phenols is 1. The third-order valence-electron chi connectivity index (χ3n) is 6.33. The number of amides is 1. The molecule has 0 spiro atoms. The monoisotopic (exact) mass is 405 g/mol. The summed E-state index contributed by atoms with van der Waals surface area (Å²) in [7, 11) is 0. The number of rotatable bonds is 6. The number of nitrogens with zero attached hydrogens (tertiary/aromatic N) is 2. The standard InChI is InChI=1S/C25H31N3O2/c1-3-28-18(2)24(22-17-21(29)9-10-23(22)28)25(30)26-20-12-15-27(16-13-20)14-11-19-7-5-4-6-8-19/h4-10,17,20,29H,3,11-16H2,1-2H3,(H,26,30). The highest BCUT2D eigenvalue weighted by Crippen LogP contribution is 2.29. The van der Waals surface area contributed by atoms with E-state index in [0.717, 1.165) is 62.0 Å². The number of fused-ring (bicyclic) bond motifs is 1. The molecule has 0 saturated carbocycles. The second-order valence-electron chi connectivity index (χ2n) is 8.23. The molecular weight excluding hydrogens is 374 g/mol. The molecule has 0 aliphatic carbocycles. The highest BCUT2D eigenvalue weighted by Gasteiger charge is 2.24. The maximum absolute atomic E-state index is 13.2. The maximum atomic E-state index is 13.2. The zero-order chi connectivity index (χ0) is 21.1. The van der Waals surface area contributed by atoms with Gasteiger partial charge < -0.3 is 19.9 Å². The smallest absolute Gasteiger partial charge is 0.253 e. The van der Waals surface area contributed by atoms with Gasteiger partial charge in [-0.25, -0.2) is 0 Å². The summed E-state index contributed by atoms with van der Waals surface area (Å²) in [6, 6.07) is 16.1. The molecular formula is C25H31N3O2. The molecule has 1 saturated heterocycles. The SMILES string of the molecule is CCn1c(C)c(C(=O)NC2CCN(CCc3ccccc3)CC2)c2cc(O)ccc21.